The zero-order valence-electron chi connectivity index (χ0n) is 27.6. The molecule has 5 aromatic rings. The maximum Gasteiger partial charge on any atom is 0.235 e. The monoisotopic (exact) mass is 612 g/mol. The first-order valence-corrected chi connectivity index (χ1v) is 16.9. The molecule has 0 N–H and O–H groups in total. The first-order chi connectivity index (χ1) is 23.0. The molecule has 0 fully saturated rings. The predicted molar refractivity (Wildman–Crippen MR) is 195 cm³/mol. The lowest BCUT2D eigenvalue weighted by atomic mass is 9.84. The van der Waals surface area contributed by atoms with Crippen LogP contribution < -0.4 is 4.90 Å². The quantitative estimate of drug-likeness (QED) is 0.191. The van der Waals surface area contributed by atoms with Crippen LogP contribution in [0.4, 0.5) is 5.69 Å². The number of nitrogens with zero attached hydrogens (tertiary/aromatic N) is 4. The molecule has 2 aromatic heterocycles. The molecule has 0 radical (unpaired) electrons. The van der Waals surface area contributed by atoms with Crippen molar-refractivity contribution in [2.24, 2.45) is 5.92 Å². The van der Waals surface area contributed by atoms with Gasteiger partial charge < -0.3 is 4.90 Å². The number of para-hydroxylation sites is 1. The first-order valence-electron chi connectivity index (χ1n) is 16.9. The second-order valence-electron chi connectivity index (χ2n) is 13.2. The summed E-state index contributed by atoms with van der Waals surface area (Å²) in [7, 11) is 0. The van der Waals surface area contributed by atoms with Gasteiger partial charge in [0.25, 0.3) is 0 Å². The van der Waals surface area contributed by atoms with Gasteiger partial charge in [0, 0.05) is 22.5 Å². The van der Waals surface area contributed by atoms with Crippen LogP contribution in [0.15, 0.2) is 132 Å². The summed E-state index contributed by atoms with van der Waals surface area (Å²) >= 11 is 0. The number of benzene rings is 3. The minimum absolute atomic E-state index is 0.239. The van der Waals surface area contributed by atoms with Gasteiger partial charge in [-0.25, -0.2) is 9.97 Å². The molecule has 3 aliphatic rings. The van der Waals surface area contributed by atoms with Crippen LogP contribution in [-0.2, 0) is 12.8 Å². The van der Waals surface area contributed by atoms with Gasteiger partial charge in [-0.2, -0.15) is 0 Å². The van der Waals surface area contributed by atoms with Gasteiger partial charge in [0.1, 0.15) is 0 Å². The molecule has 0 saturated heterocycles. The van der Waals surface area contributed by atoms with Crippen LogP contribution in [0.2, 0.25) is 0 Å². The van der Waals surface area contributed by atoms with E-state index in [-0.39, 0.29) is 6.04 Å². The zero-order valence-corrected chi connectivity index (χ0v) is 27.6. The van der Waals surface area contributed by atoms with Crippen molar-refractivity contribution < 1.29 is 0 Å². The lowest BCUT2D eigenvalue weighted by molar-refractivity contribution is 0.691. The van der Waals surface area contributed by atoms with E-state index in [2.05, 4.69) is 159 Å². The molecule has 0 amide bonds. The highest BCUT2D eigenvalue weighted by Gasteiger charge is 2.41. The van der Waals surface area contributed by atoms with Gasteiger partial charge in [0.15, 0.2) is 0 Å². The molecule has 232 valence electrons. The van der Waals surface area contributed by atoms with Gasteiger partial charge >= 0.3 is 0 Å². The Hall–Kier alpha value is -5.22. The molecule has 1 aliphatic heterocycles. The lowest BCUT2D eigenvalue weighted by Crippen LogP contribution is -2.34. The molecule has 2 unspecified atom stereocenters. The molecular weight excluding hydrogens is 573 g/mol. The summed E-state index contributed by atoms with van der Waals surface area (Å²) in [6, 6.07) is 34.3. The molecule has 0 spiro atoms. The smallest absolute Gasteiger partial charge is 0.235 e. The van der Waals surface area contributed by atoms with Crippen molar-refractivity contribution in [2.75, 3.05) is 4.90 Å². The SMILES string of the molecule is CCC1=C(C=C(C)C)C2=Cc3c(c4c(n3-c3nc(-c5ccccc5)cc(-c5ccccc5)n3)C=CC(C)C4)CC2N1c1ccccc1. The molecule has 47 heavy (non-hydrogen) atoms. The molecule has 4 heteroatoms. The first kappa shape index (κ1) is 29.2. The van der Waals surface area contributed by atoms with Crippen molar-refractivity contribution in [3.8, 4) is 28.5 Å². The van der Waals surface area contributed by atoms with Gasteiger partial charge in [-0.15, -0.1) is 0 Å². The van der Waals surface area contributed by atoms with Crippen molar-refractivity contribution in [1.82, 2.24) is 14.5 Å². The fraction of sp³-hybridized carbons (Fsp3) is 0.209. The molecule has 4 nitrogen and oxygen atoms in total. The van der Waals surface area contributed by atoms with E-state index in [0.29, 0.717) is 5.92 Å². The largest absolute Gasteiger partial charge is 0.337 e. The number of fused-ring (bicyclic) bond motifs is 4. The predicted octanol–water partition coefficient (Wildman–Crippen LogP) is 10.3. The topological polar surface area (TPSA) is 34.0 Å². The van der Waals surface area contributed by atoms with Gasteiger partial charge in [0.05, 0.1) is 28.8 Å². The van der Waals surface area contributed by atoms with Crippen molar-refractivity contribution in [3.05, 3.63) is 154 Å². The van der Waals surface area contributed by atoms with Crippen LogP contribution in [0, 0.1) is 5.92 Å². The molecule has 2 atom stereocenters. The second kappa shape index (κ2) is 11.9. The second-order valence-corrected chi connectivity index (χ2v) is 13.2. The summed E-state index contributed by atoms with van der Waals surface area (Å²) in [5, 5.41) is 0. The van der Waals surface area contributed by atoms with E-state index in [1.54, 1.807) is 0 Å². The average molecular weight is 613 g/mol. The Kier molecular flexibility index (Phi) is 7.37. The Morgan fingerprint density at radius 2 is 1.38 bits per heavy atom. The maximum absolute atomic E-state index is 5.31. The third kappa shape index (κ3) is 5.09. The number of hydrogen-bond acceptors (Lipinski definition) is 3. The number of aromatic nitrogens is 3. The van der Waals surface area contributed by atoms with Crippen LogP contribution in [0.5, 0.6) is 0 Å². The summed E-state index contributed by atoms with van der Waals surface area (Å²) in [6.45, 7) is 9.02. The number of hydrogen-bond donors (Lipinski definition) is 0. The molecule has 3 heterocycles. The minimum Gasteiger partial charge on any atom is -0.337 e. The molecule has 3 aromatic carbocycles. The van der Waals surface area contributed by atoms with Gasteiger partial charge in [0.2, 0.25) is 5.95 Å². The Morgan fingerprint density at radius 1 is 0.787 bits per heavy atom. The minimum atomic E-state index is 0.239. The Bertz CT molecular complexity index is 2030. The van der Waals surface area contributed by atoms with E-state index >= 15 is 0 Å². The van der Waals surface area contributed by atoms with Gasteiger partial charge in [-0.05, 0) is 91.7 Å². The zero-order chi connectivity index (χ0) is 32.1. The van der Waals surface area contributed by atoms with Crippen LogP contribution in [0.25, 0.3) is 40.6 Å². The van der Waals surface area contributed by atoms with Crippen molar-refractivity contribution in [2.45, 2.75) is 53.0 Å². The van der Waals surface area contributed by atoms with E-state index in [9.17, 15) is 0 Å². The lowest BCUT2D eigenvalue weighted by Gasteiger charge is -2.32. The van der Waals surface area contributed by atoms with E-state index in [1.807, 2.05) is 0 Å². The highest BCUT2D eigenvalue weighted by molar-refractivity contribution is 5.80. The fourth-order valence-electron chi connectivity index (χ4n) is 7.66. The Balaban J connectivity index is 1.39. The van der Waals surface area contributed by atoms with Crippen LogP contribution in [0.3, 0.4) is 0 Å². The number of allylic oxidation sites excluding steroid dienone is 4. The normalized spacial score (nSPS) is 18.0. The molecular formula is C43H40N4. The van der Waals surface area contributed by atoms with Crippen LogP contribution >= 0.6 is 0 Å². The van der Waals surface area contributed by atoms with Crippen molar-refractivity contribution >= 4 is 17.8 Å². The highest BCUT2D eigenvalue weighted by atomic mass is 15.2. The summed E-state index contributed by atoms with van der Waals surface area (Å²) in [5.41, 5.74) is 16.0. The molecule has 0 saturated carbocycles. The summed E-state index contributed by atoms with van der Waals surface area (Å²) in [4.78, 5) is 13.2. The van der Waals surface area contributed by atoms with Crippen LogP contribution in [-0.4, -0.2) is 20.6 Å². The van der Waals surface area contributed by atoms with Crippen molar-refractivity contribution in [3.63, 3.8) is 0 Å². The van der Waals surface area contributed by atoms with E-state index in [1.165, 1.54) is 50.6 Å². The van der Waals surface area contributed by atoms with E-state index < -0.39 is 0 Å². The summed E-state index contributed by atoms with van der Waals surface area (Å²) < 4.78 is 2.35. The number of rotatable bonds is 6. The fourth-order valence-corrected chi connectivity index (χ4v) is 7.66. The molecule has 0 bridgehead atoms. The maximum atomic E-state index is 5.31. The number of anilines is 1. The average Bonchev–Trinajstić information content (AvgIpc) is 3.58. The standard InChI is InChI=1S/C43H40N4/c1-5-39-33(23-28(2)3)35-26-42-36(25-41(35)46(39)32-19-13-8-14-20-32)34-24-29(4)21-22-40(34)47(42)43-44-37(30-15-9-6-10-16-30)27-38(45-43)31-17-11-7-12-18-31/h6-23,26-27,29,41H,5,24-25H2,1-4H3. The molecule has 8 rings (SSSR count). The van der Waals surface area contributed by atoms with Gasteiger partial charge in [-0.3, -0.25) is 4.57 Å². The third-order valence-corrected chi connectivity index (χ3v) is 9.70. The van der Waals surface area contributed by atoms with Crippen LogP contribution in [0.1, 0.15) is 56.6 Å². The third-order valence-electron chi connectivity index (χ3n) is 9.70. The van der Waals surface area contributed by atoms with Gasteiger partial charge in [-0.1, -0.05) is 110 Å². The Labute approximate surface area is 278 Å². The Morgan fingerprint density at radius 3 is 1.98 bits per heavy atom. The summed E-state index contributed by atoms with van der Waals surface area (Å²) in [5.74, 6) is 1.20. The van der Waals surface area contributed by atoms with E-state index in [0.717, 1.165) is 47.7 Å². The van der Waals surface area contributed by atoms with E-state index in [4.69, 9.17) is 9.97 Å². The highest BCUT2D eigenvalue weighted by Crippen LogP contribution is 2.47. The van der Waals surface area contributed by atoms with Crippen molar-refractivity contribution in [1.29, 1.82) is 0 Å². The molecule has 2 aliphatic carbocycles. The summed E-state index contributed by atoms with van der Waals surface area (Å²) in [6.07, 6.45) is 12.4.